The first-order valence-electron chi connectivity index (χ1n) is 8.15. The molecule has 2 rings (SSSR count). The van der Waals surface area contributed by atoms with Gasteiger partial charge in [0, 0.05) is 25.7 Å². The van der Waals surface area contributed by atoms with E-state index in [1.807, 2.05) is 0 Å². The molecule has 0 radical (unpaired) electrons. The Kier molecular flexibility index (Phi) is 6.65. The van der Waals surface area contributed by atoms with Gasteiger partial charge in [0.05, 0.1) is 0 Å². The third kappa shape index (κ3) is 5.64. The Morgan fingerprint density at radius 3 is 3.00 bits per heavy atom. The zero-order valence-electron chi connectivity index (χ0n) is 13.3. The van der Waals surface area contributed by atoms with Crippen molar-refractivity contribution in [2.45, 2.75) is 45.2 Å². The number of halogens is 1. The molecule has 1 heterocycles. The van der Waals surface area contributed by atoms with Crippen LogP contribution in [0.1, 0.15) is 38.2 Å². The summed E-state index contributed by atoms with van der Waals surface area (Å²) in [5.41, 5.74) is 0.761. The highest BCUT2D eigenvalue weighted by atomic mass is 19.1. The van der Waals surface area contributed by atoms with Gasteiger partial charge in [-0.25, -0.2) is 9.18 Å². The van der Waals surface area contributed by atoms with Gasteiger partial charge in [-0.1, -0.05) is 18.6 Å². The number of nitrogens with zero attached hydrogens (tertiary/aromatic N) is 1. The van der Waals surface area contributed by atoms with Crippen molar-refractivity contribution in [3.05, 3.63) is 35.6 Å². The molecule has 1 aromatic rings. The Morgan fingerprint density at radius 1 is 1.36 bits per heavy atom. The van der Waals surface area contributed by atoms with Gasteiger partial charge in [0.2, 0.25) is 0 Å². The van der Waals surface area contributed by atoms with E-state index in [2.05, 4.69) is 22.5 Å². The number of rotatable bonds is 6. The molecule has 1 saturated heterocycles. The first-order chi connectivity index (χ1) is 10.6. The number of hydrogen-bond acceptors (Lipinski definition) is 2. The predicted octanol–water partition coefficient (Wildman–Crippen LogP) is 2.89. The Morgan fingerprint density at radius 2 is 2.23 bits per heavy atom. The number of carbonyl (C=O) groups is 1. The molecule has 1 aliphatic rings. The van der Waals surface area contributed by atoms with E-state index in [-0.39, 0.29) is 11.8 Å². The van der Waals surface area contributed by atoms with Crippen molar-refractivity contribution in [2.75, 3.05) is 19.6 Å². The molecule has 0 saturated carbocycles. The van der Waals surface area contributed by atoms with Crippen LogP contribution in [-0.4, -0.2) is 36.6 Å². The molecule has 1 atom stereocenters. The average molecular weight is 307 g/mol. The highest BCUT2D eigenvalue weighted by molar-refractivity contribution is 5.73. The van der Waals surface area contributed by atoms with Crippen molar-refractivity contribution >= 4 is 6.03 Å². The third-order valence-corrected chi connectivity index (χ3v) is 4.19. The zero-order chi connectivity index (χ0) is 15.8. The monoisotopic (exact) mass is 307 g/mol. The van der Waals surface area contributed by atoms with Crippen molar-refractivity contribution < 1.29 is 9.18 Å². The Labute approximate surface area is 132 Å². The van der Waals surface area contributed by atoms with Gasteiger partial charge in [-0.05, 0) is 50.4 Å². The van der Waals surface area contributed by atoms with Crippen molar-refractivity contribution in [1.29, 1.82) is 0 Å². The van der Waals surface area contributed by atoms with Crippen molar-refractivity contribution in [3.8, 4) is 0 Å². The number of amides is 2. The lowest BCUT2D eigenvalue weighted by Gasteiger charge is -2.33. The van der Waals surface area contributed by atoms with Crippen LogP contribution < -0.4 is 10.6 Å². The Balaban J connectivity index is 1.57. The molecule has 2 amide bonds. The second kappa shape index (κ2) is 8.73. The smallest absolute Gasteiger partial charge is 0.315 e. The maximum Gasteiger partial charge on any atom is 0.315 e. The van der Waals surface area contributed by atoms with E-state index in [0.717, 1.165) is 18.5 Å². The van der Waals surface area contributed by atoms with Crippen LogP contribution in [0.15, 0.2) is 24.3 Å². The highest BCUT2D eigenvalue weighted by Crippen LogP contribution is 2.15. The van der Waals surface area contributed by atoms with Crippen molar-refractivity contribution in [1.82, 2.24) is 15.5 Å². The molecule has 0 spiro atoms. The molecule has 1 unspecified atom stereocenters. The van der Waals surface area contributed by atoms with Gasteiger partial charge in [-0.3, -0.25) is 0 Å². The number of benzene rings is 1. The first kappa shape index (κ1) is 16.7. The molecule has 122 valence electrons. The number of carbonyl (C=O) groups excluding carboxylic acids is 1. The SMILES string of the molecule is CC1CCCCN1CCCNC(=O)NCc1cccc(F)c1. The molecule has 4 nitrogen and oxygen atoms in total. The summed E-state index contributed by atoms with van der Waals surface area (Å²) in [6.07, 6.45) is 4.85. The van der Waals surface area contributed by atoms with Crippen molar-refractivity contribution in [2.24, 2.45) is 0 Å². The van der Waals surface area contributed by atoms with Crippen LogP contribution in [0, 0.1) is 5.82 Å². The summed E-state index contributed by atoms with van der Waals surface area (Å²) >= 11 is 0. The van der Waals surface area contributed by atoms with Gasteiger partial charge < -0.3 is 15.5 Å². The van der Waals surface area contributed by atoms with E-state index in [0.29, 0.717) is 19.1 Å². The standard InChI is InChI=1S/C17H26FN3O/c1-14-6-2-3-10-21(14)11-5-9-19-17(22)20-13-15-7-4-8-16(18)12-15/h4,7-8,12,14H,2-3,5-6,9-11,13H2,1H3,(H2,19,20,22). The quantitative estimate of drug-likeness (QED) is 0.794. The highest BCUT2D eigenvalue weighted by Gasteiger charge is 2.17. The van der Waals surface area contributed by atoms with Gasteiger partial charge in [0.15, 0.2) is 0 Å². The molecular formula is C17H26FN3O. The second-order valence-corrected chi connectivity index (χ2v) is 5.97. The van der Waals surface area contributed by atoms with Gasteiger partial charge >= 0.3 is 6.03 Å². The molecule has 0 bridgehead atoms. The van der Waals surface area contributed by atoms with Crippen LogP contribution in [0.25, 0.3) is 0 Å². The summed E-state index contributed by atoms with van der Waals surface area (Å²) in [5.74, 6) is -0.282. The number of nitrogens with one attached hydrogen (secondary N) is 2. The molecule has 1 aliphatic heterocycles. The van der Waals surface area contributed by atoms with E-state index < -0.39 is 0 Å². The predicted molar refractivity (Wildman–Crippen MR) is 86.1 cm³/mol. The summed E-state index contributed by atoms with van der Waals surface area (Å²) in [7, 11) is 0. The van der Waals surface area contributed by atoms with Crippen LogP contribution in [0.2, 0.25) is 0 Å². The van der Waals surface area contributed by atoms with Gasteiger partial charge in [0.25, 0.3) is 0 Å². The Hall–Kier alpha value is -1.62. The van der Waals surface area contributed by atoms with E-state index in [1.54, 1.807) is 12.1 Å². The average Bonchev–Trinajstić information content (AvgIpc) is 2.51. The Bertz CT molecular complexity index is 481. The zero-order valence-corrected chi connectivity index (χ0v) is 13.3. The number of piperidine rings is 1. The topological polar surface area (TPSA) is 44.4 Å². The molecule has 1 fully saturated rings. The fourth-order valence-electron chi connectivity index (χ4n) is 2.87. The number of hydrogen-bond donors (Lipinski definition) is 2. The molecule has 0 aliphatic carbocycles. The van der Waals surface area contributed by atoms with E-state index in [4.69, 9.17) is 0 Å². The van der Waals surface area contributed by atoms with E-state index in [9.17, 15) is 9.18 Å². The van der Waals surface area contributed by atoms with Gasteiger partial charge in [-0.15, -0.1) is 0 Å². The largest absolute Gasteiger partial charge is 0.338 e. The van der Waals surface area contributed by atoms with Crippen molar-refractivity contribution in [3.63, 3.8) is 0 Å². The van der Waals surface area contributed by atoms with E-state index >= 15 is 0 Å². The lowest BCUT2D eigenvalue weighted by molar-refractivity contribution is 0.159. The minimum atomic E-state index is -0.282. The summed E-state index contributed by atoms with van der Waals surface area (Å²) in [6.45, 7) is 5.49. The van der Waals surface area contributed by atoms with Crippen LogP contribution in [-0.2, 0) is 6.54 Å². The molecule has 1 aromatic carbocycles. The maximum absolute atomic E-state index is 13.0. The molecule has 2 N–H and O–H groups in total. The van der Waals surface area contributed by atoms with Crippen LogP contribution in [0.3, 0.4) is 0 Å². The fourth-order valence-corrected chi connectivity index (χ4v) is 2.87. The van der Waals surface area contributed by atoms with Gasteiger partial charge in [-0.2, -0.15) is 0 Å². The van der Waals surface area contributed by atoms with Crippen LogP contribution in [0.5, 0.6) is 0 Å². The minimum absolute atomic E-state index is 0.198. The first-order valence-corrected chi connectivity index (χ1v) is 8.15. The van der Waals surface area contributed by atoms with Crippen LogP contribution in [0.4, 0.5) is 9.18 Å². The molecule has 5 heteroatoms. The lowest BCUT2D eigenvalue weighted by atomic mass is 10.0. The molecular weight excluding hydrogens is 281 g/mol. The lowest BCUT2D eigenvalue weighted by Crippen LogP contribution is -2.40. The fraction of sp³-hybridized carbons (Fsp3) is 0.588. The summed E-state index contributed by atoms with van der Waals surface area (Å²) in [4.78, 5) is 14.2. The maximum atomic E-state index is 13.0. The normalized spacial score (nSPS) is 18.9. The second-order valence-electron chi connectivity index (χ2n) is 5.97. The molecule has 22 heavy (non-hydrogen) atoms. The number of urea groups is 1. The third-order valence-electron chi connectivity index (χ3n) is 4.19. The van der Waals surface area contributed by atoms with Crippen LogP contribution >= 0.6 is 0 Å². The van der Waals surface area contributed by atoms with E-state index in [1.165, 1.54) is 37.9 Å². The minimum Gasteiger partial charge on any atom is -0.338 e. The number of likely N-dealkylation sites (tertiary alicyclic amines) is 1. The summed E-state index contributed by atoms with van der Waals surface area (Å²) in [5, 5.41) is 5.59. The van der Waals surface area contributed by atoms with Gasteiger partial charge in [0.1, 0.15) is 5.82 Å². The summed E-state index contributed by atoms with van der Waals surface area (Å²) < 4.78 is 13.0. The summed E-state index contributed by atoms with van der Waals surface area (Å²) in [6, 6.07) is 6.72. The molecule has 0 aromatic heterocycles.